The maximum atomic E-state index is 12.7. The van der Waals surface area contributed by atoms with Gasteiger partial charge in [0.1, 0.15) is 0 Å². The molecule has 0 atom stereocenters. The van der Waals surface area contributed by atoms with Crippen molar-refractivity contribution in [1.82, 2.24) is 9.78 Å². The van der Waals surface area contributed by atoms with Gasteiger partial charge in [0.25, 0.3) is 10.0 Å². The molecule has 0 saturated heterocycles. The number of anilines is 1. The van der Waals surface area contributed by atoms with Gasteiger partial charge in [-0.15, -0.1) is 0 Å². The van der Waals surface area contributed by atoms with Crippen LogP contribution in [0.2, 0.25) is 0 Å². The van der Waals surface area contributed by atoms with Crippen LogP contribution in [0.1, 0.15) is 6.42 Å². The lowest BCUT2D eigenvalue weighted by atomic mass is 10.3. The van der Waals surface area contributed by atoms with Crippen molar-refractivity contribution in [1.29, 1.82) is 5.26 Å². The van der Waals surface area contributed by atoms with Crippen LogP contribution in [0.4, 0.5) is 5.69 Å². The molecule has 0 aliphatic carbocycles. The van der Waals surface area contributed by atoms with Crippen LogP contribution in [0.5, 0.6) is 0 Å². The molecule has 104 valence electrons. The Morgan fingerprint density at radius 2 is 2.00 bits per heavy atom. The molecule has 0 aliphatic heterocycles. The van der Waals surface area contributed by atoms with Crippen molar-refractivity contribution in [2.45, 2.75) is 11.4 Å². The van der Waals surface area contributed by atoms with E-state index in [2.05, 4.69) is 5.10 Å². The average Bonchev–Trinajstić information content (AvgIpc) is 2.87. The average molecular weight is 290 g/mol. The maximum Gasteiger partial charge on any atom is 0.281 e. The zero-order chi connectivity index (χ0) is 14.6. The van der Waals surface area contributed by atoms with E-state index in [9.17, 15) is 8.42 Å². The Balaban J connectivity index is 2.47. The van der Waals surface area contributed by atoms with Gasteiger partial charge in [-0.2, -0.15) is 18.8 Å². The number of para-hydroxylation sites is 1. The first kappa shape index (κ1) is 14.1. The molecule has 0 amide bonds. The fraction of sp³-hybridized carbons (Fsp3) is 0.231. The van der Waals surface area contributed by atoms with Crippen molar-refractivity contribution in [2.75, 3.05) is 10.8 Å². The SMILES string of the molecule is Cn1nccc1S(=O)(=O)N(CCC#N)c1ccccc1. The number of nitriles is 1. The van der Waals surface area contributed by atoms with Crippen molar-refractivity contribution in [3.05, 3.63) is 42.6 Å². The first-order valence-corrected chi connectivity index (χ1v) is 7.44. The zero-order valence-electron chi connectivity index (χ0n) is 11.0. The Morgan fingerprint density at radius 3 is 2.55 bits per heavy atom. The van der Waals surface area contributed by atoms with Gasteiger partial charge in [0.2, 0.25) is 0 Å². The fourth-order valence-electron chi connectivity index (χ4n) is 1.86. The predicted octanol–water partition coefficient (Wildman–Crippen LogP) is 1.53. The molecule has 20 heavy (non-hydrogen) atoms. The molecule has 1 heterocycles. The third kappa shape index (κ3) is 2.65. The first-order chi connectivity index (χ1) is 9.57. The molecular weight excluding hydrogens is 276 g/mol. The molecule has 0 aliphatic rings. The molecule has 2 aromatic rings. The molecule has 0 fully saturated rings. The van der Waals surface area contributed by atoms with E-state index in [0.717, 1.165) is 0 Å². The second-order valence-electron chi connectivity index (χ2n) is 4.11. The molecule has 6 nitrogen and oxygen atoms in total. The molecule has 1 aromatic heterocycles. The molecule has 0 bridgehead atoms. The van der Waals surface area contributed by atoms with Gasteiger partial charge in [-0.1, -0.05) is 18.2 Å². The van der Waals surface area contributed by atoms with E-state index in [4.69, 9.17) is 5.26 Å². The van der Waals surface area contributed by atoms with Crippen LogP contribution in [-0.2, 0) is 17.1 Å². The lowest BCUT2D eigenvalue weighted by Crippen LogP contribution is -2.33. The summed E-state index contributed by atoms with van der Waals surface area (Å²) in [4.78, 5) is 0. The molecule has 0 N–H and O–H groups in total. The number of nitrogens with zero attached hydrogens (tertiary/aromatic N) is 4. The summed E-state index contributed by atoms with van der Waals surface area (Å²) in [5, 5.41) is 12.7. The fourth-order valence-corrected chi connectivity index (χ4v) is 3.43. The van der Waals surface area contributed by atoms with Gasteiger partial charge in [0.05, 0.1) is 24.4 Å². The van der Waals surface area contributed by atoms with Gasteiger partial charge in [-0.3, -0.25) is 8.99 Å². The topological polar surface area (TPSA) is 79.0 Å². The third-order valence-electron chi connectivity index (χ3n) is 2.80. The summed E-state index contributed by atoms with van der Waals surface area (Å²) < 4.78 is 27.9. The summed E-state index contributed by atoms with van der Waals surface area (Å²) in [6.45, 7) is 0.105. The second kappa shape index (κ2) is 5.75. The highest BCUT2D eigenvalue weighted by Crippen LogP contribution is 2.23. The molecule has 7 heteroatoms. The summed E-state index contributed by atoms with van der Waals surface area (Å²) in [7, 11) is -2.16. The zero-order valence-corrected chi connectivity index (χ0v) is 11.8. The van der Waals surface area contributed by atoms with Gasteiger partial charge in [0, 0.05) is 13.6 Å². The number of aryl methyl sites for hydroxylation is 1. The van der Waals surface area contributed by atoms with E-state index in [0.29, 0.717) is 5.69 Å². The van der Waals surface area contributed by atoms with Gasteiger partial charge in [-0.05, 0) is 18.2 Å². The van der Waals surface area contributed by atoms with Crippen LogP contribution in [0.15, 0.2) is 47.6 Å². The van der Waals surface area contributed by atoms with E-state index < -0.39 is 10.0 Å². The van der Waals surface area contributed by atoms with Gasteiger partial charge in [0.15, 0.2) is 5.03 Å². The lowest BCUT2D eigenvalue weighted by molar-refractivity contribution is 0.572. The monoisotopic (exact) mass is 290 g/mol. The standard InChI is InChI=1S/C13H14N4O2S/c1-16-13(8-10-15-16)20(18,19)17(11-5-9-14)12-6-3-2-4-7-12/h2-4,6-8,10H,5,11H2,1H3. The van der Waals surface area contributed by atoms with Gasteiger partial charge >= 0.3 is 0 Å². The van der Waals surface area contributed by atoms with Gasteiger partial charge < -0.3 is 0 Å². The van der Waals surface area contributed by atoms with Crippen molar-refractivity contribution in [2.24, 2.45) is 7.05 Å². The molecule has 0 saturated carbocycles. The van der Waals surface area contributed by atoms with Crippen molar-refractivity contribution < 1.29 is 8.42 Å². The third-order valence-corrected chi connectivity index (χ3v) is 4.70. The lowest BCUT2D eigenvalue weighted by Gasteiger charge is -2.23. The number of hydrogen-bond acceptors (Lipinski definition) is 4. The highest BCUT2D eigenvalue weighted by atomic mass is 32.2. The smallest absolute Gasteiger partial charge is 0.264 e. The van der Waals surface area contributed by atoms with Crippen molar-refractivity contribution in [3.8, 4) is 6.07 Å². The minimum absolute atomic E-state index is 0.0966. The molecule has 1 aromatic carbocycles. The van der Waals surface area contributed by atoms with Gasteiger partial charge in [-0.25, -0.2) is 0 Å². The number of rotatable bonds is 5. The largest absolute Gasteiger partial charge is 0.281 e. The summed E-state index contributed by atoms with van der Waals surface area (Å²) in [6, 6.07) is 12.1. The van der Waals surface area contributed by atoms with Crippen LogP contribution >= 0.6 is 0 Å². The quantitative estimate of drug-likeness (QED) is 0.836. The highest BCUT2D eigenvalue weighted by molar-refractivity contribution is 7.92. The Kier molecular flexibility index (Phi) is 4.05. The molecular formula is C13H14N4O2S. The minimum Gasteiger partial charge on any atom is -0.264 e. The van der Waals surface area contributed by atoms with Crippen LogP contribution in [0.25, 0.3) is 0 Å². The number of hydrogen-bond donors (Lipinski definition) is 0. The first-order valence-electron chi connectivity index (χ1n) is 6.00. The Bertz CT molecular complexity index is 716. The maximum absolute atomic E-state index is 12.7. The molecule has 0 radical (unpaired) electrons. The van der Waals surface area contributed by atoms with Crippen molar-refractivity contribution >= 4 is 15.7 Å². The summed E-state index contributed by atoms with van der Waals surface area (Å²) in [5.74, 6) is 0. The summed E-state index contributed by atoms with van der Waals surface area (Å²) in [6.07, 6.45) is 1.55. The number of benzene rings is 1. The summed E-state index contributed by atoms with van der Waals surface area (Å²) in [5.41, 5.74) is 0.531. The number of aromatic nitrogens is 2. The molecule has 0 spiro atoms. The highest BCUT2D eigenvalue weighted by Gasteiger charge is 2.27. The Hall–Kier alpha value is -2.33. The Labute approximate surface area is 117 Å². The second-order valence-corrected chi connectivity index (χ2v) is 5.92. The van der Waals surface area contributed by atoms with Crippen LogP contribution in [0.3, 0.4) is 0 Å². The summed E-state index contributed by atoms with van der Waals surface area (Å²) >= 11 is 0. The Morgan fingerprint density at radius 1 is 1.30 bits per heavy atom. The van der Waals surface area contributed by atoms with E-state index in [-0.39, 0.29) is 18.0 Å². The van der Waals surface area contributed by atoms with E-state index >= 15 is 0 Å². The minimum atomic E-state index is -3.73. The van der Waals surface area contributed by atoms with E-state index in [1.165, 1.54) is 21.3 Å². The predicted molar refractivity (Wildman–Crippen MR) is 74.4 cm³/mol. The van der Waals surface area contributed by atoms with E-state index in [1.54, 1.807) is 31.3 Å². The van der Waals surface area contributed by atoms with Crippen molar-refractivity contribution in [3.63, 3.8) is 0 Å². The van der Waals surface area contributed by atoms with Crippen LogP contribution in [0, 0.1) is 11.3 Å². The van der Waals surface area contributed by atoms with Crippen LogP contribution < -0.4 is 4.31 Å². The van der Waals surface area contributed by atoms with Crippen LogP contribution in [-0.4, -0.2) is 24.7 Å². The molecule has 0 unspecified atom stereocenters. The normalized spacial score (nSPS) is 11.0. The number of sulfonamides is 1. The molecule has 2 rings (SSSR count). The van der Waals surface area contributed by atoms with E-state index in [1.807, 2.05) is 12.1 Å².